The number of anilines is 1. The lowest BCUT2D eigenvalue weighted by atomic mass is 10.3. The van der Waals surface area contributed by atoms with Crippen LogP contribution < -0.4 is 4.90 Å². The first kappa shape index (κ1) is 20.0. The number of benzene rings is 1. The third-order valence-electron chi connectivity index (χ3n) is 1.61. The maximum atomic E-state index is 3.61. The Bertz CT molecular complexity index is 262. The van der Waals surface area contributed by atoms with Crippen LogP contribution in [0.5, 0.6) is 0 Å². The first-order valence-electron chi connectivity index (χ1n) is 4.91. The molecule has 1 aromatic carbocycles. The fraction of sp³-hybridized carbons (Fsp3) is 0.333. The molecule has 0 aromatic heterocycles. The number of hydrogen-bond acceptors (Lipinski definition) is 1. The fourth-order valence-electron chi connectivity index (χ4n) is 0.939. The lowest BCUT2D eigenvalue weighted by molar-refractivity contribution is 1.20. The van der Waals surface area contributed by atoms with Crippen LogP contribution in [0.1, 0.15) is 28.7 Å². The highest BCUT2D eigenvalue weighted by Gasteiger charge is 1.91. The summed E-state index contributed by atoms with van der Waals surface area (Å²) in [5.41, 5.74) is 1.18. The molecule has 0 heterocycles. The average molecular weight is 221 g/mol. The molecular weight excluding hydrogens is 194 g/mol. The molecule has 16 heavy (non-hydrogen) atoms. The molecule has 0 aliphatic carbocycles. The molecule has 0 aliphatic rings. The minimum absolute atomic E-state index is 0. The van der Waals surface area contributed by atoms with Gasteiger partial charge in [-0.15, -0.1) is 0 Å². The van der Waals surface area contributed by atoms with Crippen molar-refractivity contribution in [2.45, 2.75) is 28.7 Å². The summed E-state index contributed by atoms with van der Waals surface area (Å²) in [7, 11) is 2.01. The highest BCUT2D eigenvalue weighted by Crippen LogP contribution is 2.10. The minimum Gasteiger partial charge on any atom is -0.351 e. The summed E-state index contributed by atoms with van der Waals surface area (Å²) in [6.07, 6.45) is 5.65. The van der Waals surface area contributed by atoms with Crippen LogP contribution in [0.15, 0.2) is 55.3 Å². The number of para-hydroxylation sites is 1. The molecule has 0 atom stereocenters. The van der Waals surface area contributed by atoms with Gasteiger partial charge >= 0.3 is 0 Å². The van der Waals surface area contributed by atoms with E-state index in [0.29, 0.717) is 0 Å². The van der Waals surface area contributed by atoms with Gasteiger partial charge in [-0.05, 0) is 18.2 Å². The van der Waals surface area contributed by atoms with Gasteiger partial charge in [-0.1, -0.05) is 59.6 Å². The van der Waals surface area contributed by atoms with Crippen molar-refractivity contribution in [1.82, 2.24) is 0 Å². The largest absolute Gasteiger partial charge is 0.351 e. The second-order valence-electron chi connectivity index (χ2n) is 2.52. The standard InChI is InChI=1S/C11H13N.C2H6.2CH4/c1-3-4-10-12(2)11-8-6-5-7-9-11;1-2;;/h3-10H,1H2,2H3;1-2H3;2*1H4. The van der Waals surface area contributed by atoms with Crippen molar-refractivity contribution >= 4 is 5.69 Å². The summed E-state index contributed by atoms with van der Waals surface area (Å²) in [6.45, 7) is 7.61. The van der Waals surface area contributed by atoms with E-state index in [1.807, 2.05) is 56.3 Å². The summed E-state index contributed by atoms with van der Waals surface area (Å²) >= 11 is 0. The molecule has 0 spiro atoms. The molecule has 0 fully saturated rings. The van der Waals surface area contributed by atoms with E-state index in [1.165, 1.54) is 5.69 Å². The van der Waals surface area contributed by atoms with Crippen LogP contribution in [0.2, 0.25) is 0 Å². The van der Waals surface area contributed by atoms with Gasteiger partial charge in [0.15, 0.2) is 0 Å². The van der Waals surface area contributed by atoms with Gasteiger partial charge in [-0.25, -0.2) is 0 Å². The van der Waals surface area contributed by atoms with Gasteiger partial charge in [0, 0.05) is 18.9 Å². The molecule has 0 unspecified atom stereocenters. The van der Waals surface area contributed by atoms with Crippen molar-refractivity contribution in [3.63, 3.8) is 0 Å². The van der Waals surface area contributed by atoms with Crippen LogP contribution in [0.4, 0.5) is 5.69 Å². The SMILES string of the molecule is C.C.C=CC=CN(C)c1ccccc1.CC. The smallest absolute Gasteiger partial charge is 0.0403 e. The third-order valence-corrected chi connectivity index (χ3v) is 1.61. The topological polar surface area (TPSA) is 3.24 Å². The Hall–Kier alpha value is -1.50. The van der Waals surface area contributed by atoms with Crippen molar-refractivity contribution in [2.75, 3.05) is 11.9 Å². The Morgan fingerprint density at radius 1 is 1.06 bits per heavy atom. The maximum absolute atomic E-state index is 3.61. The molecule has 92 valence electrons. The van der Waals surface area contributed by atoms with Gasteiger partial charge in [-0.3, -0.25) is 0 Å². The third kappa shape index (κ3) is 7.86. The lowest BCUT2D eigenvalue weighted by Gasteiger charge is -2.12. The summed E-state index contributed by atoms with van der Waals surface area (Å²) < 4.78 is 0. The summed E-state index contributed by atoms with van der Waals surface area (Å²) in [5.74, 6) is 0. The quantitative estimate of drug-likeness (QED) is 0.640. The molecule has 0 radical (unpaired) electrons. The van der Waals surface area contributed by atoms with Crippen molar-refractivity contribution in [2.24, 2.45) is 0 Å². The predicted molar refractivity (Wildman–Crippen MR) is 79.0 cm³/mol. The average Bonchev–Trinajstić information content (AvgIpc) is 2.30. The lowest BCUT2D eigenvalue weighted by Crippen LogP contribution is -2.06. The van der Waals surface area contributed by atoms with Crippen molar-refractivity contribution in [3.8, 4) is 0 Å². The molecule has 0 amide bonds. The summed E-state index contributed by atoms with van der Waals surface area (Å²) in [6, 6.07) is 10.2. The van der Waals surface area contributed by atoms with Gasteiger partial charge < -0.3 is 4.90 Å². The van der Waals surface area contributed by atoms with E-state index in [2.05, 4.69) is 18.7 Å². The Morgan fingerprint density at radius 3 is 2.00 bits per heavy atom. The van der Waals surface area contributed by atoms with Crippen LogP contribution >= 0.6 is 0 Å². The zero-order valence-electron chi connectivity index (χ0n) is 9.27. The van der Waals surface area contributed by atoms with E-state index in [-0.39, 0.29) is 14.9 Å². The highest BCUT2D eigenvalue weighted by molar-refractivity contribution is 5.47. The monoisotopic (exact) mass is 221 g/mol. The normalized spacial score (nSPS) is 7.94. The molecule has 1 heteroatoms. The van der Waals surface area contributed by atoms with E-state index in [0.717, 1.165) is 0 Å². The zero-order chi connectivity index (χ0) is 10.8. The van der Waals surface area contributed by atoms with Crippen molar-refractivity contribution in [1.29, 1.82) is 0 Å². The van der Waals surface area contributed by atoms with Crippen molar-refractivity contribution in [3.05, 3.63) is 55.3 Å². The Labute approximate surface area is 102 Å². The van der Waals surface area contributed by atoms with Gasteiger partial charge in [0.25, 0.3) is 0 Å². The Balaban J connectivity index is -0.000000399. The predicted octanol–water partition coefficient (Wildman–Crippen LogP) is 5.12. The molecule has 0 N–H and O–H groups in total. The highest BCUT2D eigenvalue weighted by atomic mass is 15.1. The summed E-state index contributed by atoms with van der Waals surface area (Å²) in [5, 5.41) is 0. The molecule has 0 aliphatic heterocycles. The van der Waals surface area contributed by atoms with E-state index in [9.17, 15) is 0 Å². The molecule has 0 saturated heterocycles. The number of hydrogen-bond donors (Lipinski definition) is 0. The van der Waals surface area contributed by atoms with Gasteiger partial charge in [0.05, 0.1) is 0 Å². The fourth-order valence-corrected chi connectivity index (χ4v) is 0.939. The Morgan fingerprint density at radius 2 is 1.56 bits per heavy atom. The Kier molecular flexibility index (Phi) is 16.9. The summed E-state index contributed by atoms with van der Waals surface area (Å²) in [4.78, 5) is 2.04. The molecule has 0 saturated carbocycles. The molecular formula is C15H27N. The molecule has 0 bridgehead atoms. The van der Waals surface area contributed by atoms with E-state index >= 15 is 0 Å². The van der Waals surface area contributed by atoms with Crippen LogP contribution in [-0.4, -0.2) is 7.05 Å². The minimum atomic E-state index is 0. The van der Waals surface area contributed by atoms with E-state index in [1.54, 1.807) is 6.08 Å². The maximum Gasteiger partial charge on any atom is 0.0403 e. The van der Waals surface area contributed by atoms with Gasteiger partial charge in [0.2, 0.25) is 0 Å². The molecule has 1 rings (SSSR count). The van der Waals surface area contributed by atoms with Crippen LogP contribution in [0.3, 0.4) is 0 Å². The van der Waals surface area contributed by atoms with Gasteiger partial charge in [-0.2, -0.15) is 0 Å². The van der Waals surface area contributed by atoms with Gasteiger partial charge in [0.1, 0.15) is 0 Å². The second kappa shape index (κ2) is 13.5. The van der Waals surface area contributed by atoms with Crippen molar-refractivity contribution < 1.29 is 0 Å². The molecule has 1 aromatic rings. The number of allylic oxidation sites excluding steroid dienone is 2. The van der Waals surface area contributed by atoms with Crippen LogP contribution in [0, 0.1) is 0 Å². The van der Waals surface area contributed by atoms with Crippen LogP contribution in [0.25, 0.3) is 0 Å². The van der Waals surface area contributed by atoms with E-state index in [4.69, 9.17) is 0 Å². The number of rotatable bonds is 3. The van der Waals surface area contributed by atoms with E-state index < -0.39 is 0 Å². The first-order valence-corrected chi connectivity index (χ1v) is 4.91. The van der Waals surface area contributed by atoms with Crippen LogP contribution in [-0.2, 0) is 0 Å². The molecule has 1 nitrogen and oxygen atoms in total. The first-order chi connectivity index (χ1) is 6.84. The number of nitrogens with zero attached hydrogens (tertiary/aromatic N) is 1. The second-order valence-corrected chi connectivity index (χ2v) is 2.52. The zero-order valence-corrected chi connectivity index (χ0v) is 9.27.